The second kappa shape index (κ2) is 2.51. The first kappa shape index (κ1) is 3.90. The standard InChI is InChI=1S/C7H10N2/c8-5-6-3-1-2-4-7(6)9/h1-4H,5,8-9H2/i5D2. The Morgan fingerprint density at radius 2 is 2.11 bits per heavy atom. The molecule has 48 valence electrons. The molecule has 0 fully saturated rings. The van der Waals surface area contributed by atoms with Crippen LogP contribution in [0.1, 0.15) is 8.30 Å². The zero-order valence-corrected chi connectivity index (χ0v) is 4.96. The van der Waals surface area contributed by atoms with Crippen LogP contribution < -0.4 is 11.5 Å². The van der Waals surface area contributed by atoms with Gasteiger partial charge in [-0.3, -0.25) is 0 Å². The number of nitrogen functional groups attached to an aromatic ring is 1. The summed E-state index contributed by atoms with van der Waals surface area (Å²) in [5.41, 5.74) is 11.4. The number of anilines is 1. The maximum Gasteiger partial charge on any atom is 0.0477 e. The van der Waals surface area contributed by atoms with Gasteiger partial charge in [0.1, 0.15) is 0 Å². The molecule has 0 atom stereocenters. The molecule has 0 spiro atoms. The predicted octanol–water partition coefficient (Wildman–Crippen LogP) is 0.728. The van der Waals surface area contributed by atoms with E-state index in [9.17, 15) is 0 Å². The molecule has 2 heteroatoms. The van der Waals surface area contributed by atoms with E-state index < -0.39 is 6.50 Å². The number of rotatable bonds is 1. The van der Waals surface area contributed by atoms with Crippen molar-refractivity contribution in [2.24, 2.45) is 5.73 Å². The third kappa shape index (κ3) is 1.21. The molecule has 1 aromatic rings. The minimum atomic E-state index is -1.84. The van der Waals surface area contributed by atoms with Crippen molar-refractivity contribution in [3.05, 3.63) is 29.8 Å². The van der Waals surface area contributed by atoms with Crippen molar-refractivity contribution < 1.29 is 2.74 Å². The lowest BCUT2D eigenvalue weighted by Gasteiger charge is -1.98. The van der Waals surface area contributed by atoms with Crippen molar-refractivity contribution in [3.63, 3.8) is 0 Å². The summed E-state index contributed by atoms with van der Waals surface area (Å²) in [6.45, 7) is -1.84. The van der Waals surface area contributed by atoms with Gasteiger partial charge in [-0.15, -0.1) is 0 Å². The van der Waals surface area contributed by atoms with E-state index in [1.165, 1.54) is 0 Å². The molecule has 1 aromatic carbocycles. The molecule has 9 heavy (non-hydrogen) atoms. The van der Waals surface area contributed by atoms with Crippen LogP contribution in [0, 0.1) is 0 Å². The SMILES string of the molecule is [2H]C([2H])(N)c1ccccc1N. The van der Waals surface area contributed by atoms with E-state index in [4.69, 9.17) is 14.2 Å². The van der Waals surface area contributed by atoms with Gasteiger partial charge in [-0.1, -0.05) is 18.2 Å². The van der Waals surface area contributed by atoms with Crippen LogP contribution >= 0.6 is 0 Å². The monoisotopic (exact) mass is 124 g/mol. The van der Waals surface area contributed by atoms with E-state index in [-0.39, 0.29) is 0 Å². The Hall–Kier alpha value is -1.02. The molecule has 0 saturated heterocycles. The third-order valence-electron chi connectivity index (χ3n) is 1.12. The number of hydrogen-bond acceptors (Lipinski definition) is 2. The molecule has 0 amide bonds. The first-order valence-corrected chi connectivity index (χ1v) is 2.65. The van der Waals surface area contributed by atoms with Crippen molar-refractivity contribution in [3.8, 4) is 0 Å². The van der Waals surface area contributed by atoms with Crippen LogP contribution in [0.4, 0.5) is 5.69 Å². The van der Waals surface area contributed by atoms with Crippen LogP contribution in [0.15, 0.2) is 24.3 Å². The fraction of sp³-hybridized carbons (Fsp3) is 0.143. The van der Waals surface area contributed by atoms with Gasteiger partial charge in [-0.2, -0.15) is 0 Å². The highest BCUT2D eigenvalue weighted by Gasteiger charge is 1.90. The molecule has 4 N–H and O–H groups in total. The molecule has 2 nitrogen and oxygen atoms in total. The molecular formula is C7H10N2. The van der Waals surface area contributed by atoms with Gasteiger partial charge in [-0.05, 0) is 11.6 Å². The Balaban J connectivity index is 3.14. The average Bonchev–Trinajstić information content (AvgIpc) is 1.86. The maximum atomic E-state index is 7.18. The van der Waals surface area contributed by atoms with E-state index >= 15 is 0 Å². The molecule has 0 heterocycles. The number of benzene rings is 1. The van der Waals surface area contributed by atoms with E-state index in [1.807, 2.05) is 0 Å². The zero-order chi connectivity index (χ0) is 8.48. The van der Waals surface area contributed by atoms with E-state index in [0.29, 0.717) is 11.3 Å². The summed E-state index contributed by atoms with van der Waals surface area (Å²) in [6, 6.07) is 6.65. The smallest absolute Gasteiger partial charge is 0.0477 e. The van der Waals surface area contributed by atoms with Crippen LogP contribution in [-0.4, -0.2) is 0 Å². The molecule has 0 aliphatic heterocycles. The number of hydrogen-bond donors (Lipinski definition) is 2. The minimum Gasteiger partial charge on any atom is -0.398 e. The largest absolute Gasteiger partial charge is 0.398 e. The Morgan fingerprint density at radius 3 is 2.56 bits per heavy atom. The Morgan fingerprint density at radius 1 is 1.44 bits per heavy atom. The van der Waals surface area contributed by atoms with Gasteiger partial charge in [0, 0.05) is 14.9 Å². The zero-order valence-electron chi connectivity index (χ0n) is 6.96. The molecule has 0 aliphatic rings. The highest BCUT2D eigenvalue weighted by atomic mass is 14.6. The van der Waals surface area contributed by atoms with Crippen molar-refractivity contribution in [1.82, 2.24) is 0 Å². The van der Waals surface area contributed by atoms with Crippen molar-refractivity contribution in [2.45, 2.75) is 6.50 Å². The fourth-order valence-electron chi connectivity index (χ4n) is 0.628. The van der Waals surface area contributed by atoms with Gasteiger partial charge in [0.2, 0.25) is 0 Å². The van der Waals surface area contributed by atoms with E-state index in [2.05, 4.69) is 0 Å². The summed E-state index contributed by atoms with van der Waals surface area (Å²) in [6.07, 6.45) is 0. The van der Waals surface area contributed by atoms with Gasteiger partial charge in [-0.25, -0.2) is 0 Å². The summed E-state index contributed by atoms with van der Waals surface area (Å²) in [5, 5.41) is 0. The number of para-hydroxylation sites is 1. The van der Waals surface area contributed by atoms with E-state index in [1.54, 1.807) is 24.3 Å². The fourth-order valence-corrected chi connectivity index (χ4v) is 0.628. The second-order valence-corrected chi connectivity index (χ2v) is 1.73. The molecule has 0 radical (unpaired) electrons. The topological polar surface area (TPSA) is 52.0 Å². The summed E-state index contributed by atoms with van der Waals surface area (Å²) in [4.78, 5) is 0. The van der Waals surface area contributed by atoms with Gasteiger partial charge in [0.15, 0.2) is 0 Å². The molecule has 0 unspecified atom stereocenters. The van der Waals surface area contributed by atoms with Crippen molar-refractivity contribution in [2.75, 3.05) is 5.73 Å². The number of nitrogens with two attached hydrogens (primary N) is 2. The summed E-state index contributed by atoms with van der Waals surface area (Å²) in [7, 11) is 0. The summed E-state index contributed by atoms with van der Waals surface area (Å²) in [5.74, 6) is 0. The lowest BCUT2D eigenvalue weighted by Crippen LogP contribution is -2.00. The second-order valence-electron chi connectivity index (χ2n) is 1.73. The minimum absolute atomic E-state index is 0.333. The molecular weight excluding hydrogens is 112 g/mol. The maximum absolute atomic E-state index is 7.18. The molecule has 0 saturated carbocycles. The van der Waals surface area contributed by atoms with Crippen LogP contribution in [-0.2, 0) is 6.50 Å². The first-order chi connectivity index (χ1) is 5.02. The van der Waals surface area contributed by atoms with Gasteiger partial charge in [0.05, 0.1) is 0 Å². The molecule has 0 aliphatic carbocycles. The Bertz CT molecular complexity index is 255. The average molecular weight is 124 g/mol. The molecule has 0 aromatic heterocycles. The molecule has 0 bridgehead atoms. The quantitative estimate of drug-likeness (QED) is 0.542. The Kier molecular flexibility index (Phi) is 1.09. The summed E-state index contributed by atoms with van der Waals surface area (Å²) < 4.78 is 14.4. The lowest BCUT2D eigenvalue weighted by molar-refractivity contribution is 1.08. The lowest BCUT2D eigenvalue weighted by atomic mass is 10.2. The normalized spacial score (nSPS) is 14.3. The van der Waals surface area contributed by atoms with Crippen molar-refractivity contribution in [1.29, 1.82) is 0 Å². The highest BCUT2D eigenvalue weighted by molar-refractivity contribution is 5.45. The van der Waals surface area contributed by atoms with Crippen LogP contribution in [0.3, 0.4) is 0 Å². The summed E-state index contributed by atoms with van der Waals surface area (Å²) >= 11 is 0. The van der Waals surface area contributed by atoms with E-state index in [0.717, 1.165) is 0 Å². The highest BCUT2D eigenvalue weighted by Crippen LogP contribution is 2.07. The third-order valence-corrected chi connectivity index (χ3v) is 1.12. The van der Waals surface area contributed by atoms with Crippen molar-refractivity contribution >= 4 is 5.69 Å². The van der Waals surface area contributed by atoms with Crippen LogP contribution in [0.25, 0.3) is 0 Å². The van der Waals surface area contributed by atoms with Gasteiger partial charge < -0.3 is 11.5 Å². The Labute approximate surface area is 57.3 Å². The predicted molar refractivity (Wildman–Crippen MR) is 38.7 cm³/mol. The van der Waals surface area contributed by atoms with Crippen LogP contribution in [0.5, 0.6) is 0 Å². The first-order valence-electron chi connectivity index (χ1n) is 3.65. The van der Waals surface area contributed by atoms with Gasteiger partial charge >= 0.3 is 0 Å². The van der Waals surface area contributed by atoms with Crippen LogP contribution in [0.2, 0.25) is 0 Å². The van der Waals surface area contributed by atoms with Gasteiger partial charge in [0.25, 0.3) is 0 Å². The molecule has 1 rings (SSSR count).